The van der Waals surface area contributed by atoms with E-state index in [0.29, 0.717) is 7.25 Å². The SMILES string of the molecule is Cc1ccccc1PC1=Cc2ccccc2[CH]1[Zr][CH]1c2ccccc2-c2ccccc21. The molecule has 0 saturated carbocycles. The Bertz CT molecular complexity index is 1270. The van der Waals surface area contributed by atoms with Crippen LogP contribution in [0.5, 0.6) is 0 Å². The molecule has 0 fully saturated rings. The van der Waals surface area contributed by atoms with Crippen LogP contribution in [0.25, 0.3) is 17.2 Å². The molecule has 0 nitrogen and oxygen atoms in total. The van der Waals surface area contributed by atoms with Gasteiger partial charge in [0.05, 0.1) is 0 Å². The molecule has 148 valence electrons. The van der Waals surface area contributed by atoms with E-state index in [0.717, 1.165) is 8.58 Å². The molecule has 0 saturated heterocycles. The van der Waals surface area contributed by atoms with Gasteiger partial charge in [-0.25, -0.2) is 0 Å². The van der Waals surface area contributed by atoms with Gasteiger partial charge in [0.25, 0.3) is 0 Å². The first-order chi connectivity index (χ1) is 15.3. The third-order valence-electron chi connectivity index (χ3n) is 6.52. The molecule has 0 N–H and O–H groups in total. The Hall–Kier alpha value is -2.07. The van der Waals surface area contributed by atoms with Gasteiger partial charge in [-0.15, -0.1) is 0 Å². The molecule has 0 heterocycles. The van der Waals surface area contributed by atoms with E-state index in [1.165, 1.54) is 27.6 Å². The average molecular weight is 494 g/mol. The number of benzene rings is 4. The summed E-state index contributed by atoms with van der Waals surface area (Å²) in [6, 6.07) is 36.3. The zero-order valence-corrected chi connectivity index (χ0v) is 20.9. The van der Waals surface area contributed by atoms with Gasteiger partial charge in [0.1, 0.15) is 0 Å². The average Bonchev–Trinajstić information content (AvgIpc) is 3.32. The van der Waals surface area contributed by atoms with Gasteiger partial charge >= 0.3 is 199 Å². The monoisotopic (exact) mass is 492 g/mol. The summed E-state index contributed by atoms with van der Waals surface area (Å²) in [5.74, 6) is 0. The predicted octanol–water partition coefficient (Wildman–Crippen LogP) is 7.25. The van der Waals surface area contributed by atoms with Crippen molar-refractivity contribution >= 4 is 20.0 Å². The first-order valence-electron chi connectivity index (χ1n) is 10.9. The summed E-state index contributed by atoms with van der Waals surface area (Å²) in [6.07, 6.45) is 2.51. The fourth-order valence-electron chi connectivity index (χ4n) is 4.98. The van der Waals surface area contributed by atoms with Crippen molar-refractivity contribution in [3.63, 3.8) is 0 Å². The number of fused-ring (bicyclic) bond motifs is 4. The molecule has 2 atom stereocenters. The molecular weight excluding hydrogens is 471 g/mol. The molecule has 2 heteroatoms. The Morgan fingerprint density at radius 2 is 1.19 bits per heavy atom. The zero-order valence-electron chi connectivity index (χ0n) is 17.5. The molecule has 0 radical (unpaired) electrons. The third kappa shape index (κ3) is 3.44. The summed E-state index contributed by atoms with van der Waals surface area (Å²) in [6.45, 7) is 2.25. The second-order valence-corrected chi connectivity index (χ2v) is 13.4. The van der Waals surface area contributed by atoms with Crippen LogP contribution in [0.2, 0.25) is 0 Å². The van der Waals surface area contributed by atoms with Crippen LogP contribution >= 0.6 is 8.58 Å². The van der Waals surface area contributed by atoms with E-state index < -0.39 is 23.2 Å². The third-order valence-corrected chi connectivity index (χ3v) is 13.5. The molecule has 2 aliphatic carbocycles. The van der Waals surface area contributed by atoms with E-state index in [9.17, 15) is 0 Å². The Morgan fingerprint density at radius 1 is 0.613 bits per heavy atom. The molecule has 4 aromatic rings. The predicted molar refractivity (Wildman–Crippen MR) is 130 cm³/mol. The van der Waals surface area contributed by atoms with Crippen molar-refractivity contribution < 1.29 is 23.2 Å². The van der Waals surface area contributed by atoms with Crippen LogP contribution in [0.3, 0.4) is 0 Å². The Balaban J connectivity index is 1.41. The van der Waals surface area contributed by atoms with Crippen LogP contribution in [0, 0.1) is 6.92 Å². The Kier molecular flexibility index (Phi) is 5.14. The minimum absolute atomic E-state index is 0.622. The van der Waals surface area contributed by atoms with Crippen molar-refractivity contribution in [1.29, 1.82) is 0 Å². The first-order valence-corrected chi connectivity index (χ1v) is 14.7. The van der Waals surface area contributed by atoms with Crippen LogP contribution in [0.15, 0.2) is 102 Å². The summed E-state index contributed by atoms with van der Waals surface area (Å²) in [5, 5.41) is 3.15. The minimum atomic E-state index is -0.865. The summed E-state index contributed by atoms with van der Waals surface area (Å²) >= 11 is -0.865. The van der Waals surface area contributed by atoms with Crippen LogP contribution < -0.4 is 5.30 Å². The molecule has 6 rings (SSSR count). The van der Waals surface area contributed by atoms with Crippen molar-refractivity contribution in [3.05, 3.63) is 130 Å². The van der Waals surface area contributed by atoms with Crippen LogP contribution in [-0.2, 0) is 23.2 Å². The van der Waals surface area contributed by atoms with Gasteiger partial charge in [0.15, 0.2) is 0 Å². The molecule has 0 bridgehead atoms. The van der Waals surface area contributed by atoms with Crippen LogP contribution in [0.1, 0.15) is 35.1 Å². The normalized spacial score (nSPS) is 16.8. The molecular formula is C29H23PZr. The molecule has 0 aliphatic heterocycles. The van der Waals surface area contributed by atoms with E-state index in [1.807, 2.05) is 0 Å². The maximum atomic E-state index is 2.51. The summed E-state index contributed by atoms with van der Waals surface area (Å²) < 4.78 is 1.26. The van der Waals surface area contributed by atoms with E-state index >= 15 is 0 Å². The van der Waals surface area contributed by atoms with Gasteiger partial charge in [-0.3, -0.25) is 0 Å². The summed E-state index contributed by atoms with van der Waals surface area (Å²) in [5.41, 5.74) is 10.5. The van der Waals surface area contributed by atoms with Crippen LogP contribution in [0.4, 0.5) is 0 Å². The van der Waals surface area contributed by atoms with E-state index in [-0.39, 0.29) is 0 Å². The van der Waals surface area contributed by atoms with E-state index in [2.05, 4.69) is 110 Å². The van der Waals surface area contributed by atoms with Gasteiger partial charge in [0, 0.05) is 0 Å². The fraction of sp³-hybridized carbons (Fsp3) is 0.103. The zero-order chi connectivity index (χ0) is 20.8. The van der Waals surface area contributed by atoms with Crippen molar-refractivity contribution in [2.24, 2.45) is 0 Å². The molecule has 0 aromatic heterocycles. The molecule has 4 aromatic carbocycles. The second-order valence-electron chi connectivity index (χ2n) is 8.38. The Morgan fingerprint density at radius 3 is 1.90 bits per heavy atom. The number of allylic oxidation sites excluding steroid dienone is 1. The quantitative estimate of drug-likeness (QED) is 0.263. The number of aryl methyl sites for hydroxylation is 1. The number of hydrogen-bond acceptors (Lipinski definition) is 0. The van der Waals surface area contributed by atoms with Crippen molar-refractivity contribution in [2.45, 2.75) is 14.2 Å². The van der Waals surface area contributed by atoms with E-state index in [4.69, 9.17) is 0 Å². The van der Waals surface area contributed by atoms with Crippen molar-refractivity contribution in [2.75, 3.05) is 0 Å². The summed E-state index contributed by atoms with van der Waals surface area (Å²) in [4.78, 5) is 0. The maximum absolute atomic E-state index is 2.51. The summed E-state index contributed by atoms with van der Waals surface area (Å²) in [7, 11) is 0.766. The van der Waals surface area contributed by atoms with Crippen molar-refractivity contribution in [3.8, 4) is 11.1 Å². The standard InChI is InChI=1S/C16H14P.C13H9.Zr/c1-12-6-2-5-9-16(12)17-15-10-13-7-3-4-8-14(13)11-15;1-3-7-12-10(5-1)9-11-6-2-4-8-13(11)12;/h2-11,17H,1H3;1-9H;. The van der Waals surface area contributed by atoms with Gasteiger partial charge in [-0.2, -0.15) is 0 Å². The fourth-order valence-corrected chi connectivity index (χ4v) is 12.0. The molecule has 0 spiro atoms. The molecule has 0 amide bonds. The Labute approximate surface area is 197 Å². The van der Waals surface area contributed by atoms with Crippen molar-refractivity contribution in [1.82, 2.24) is 0 Å². The van der Waals surface area contributed by atoms with Gasteiger partial charge in [0.2, 0.25) is 0 Å². The topological polar surface area (TPSA) is 0 Å². The molecule has 31 heavy (non-hydrogen) atoms. The second kappa shape index (κ2) is 8.13. The van der Waals surface area contributed by atoms with Crippen LogP contribution in [-0.4, -0.2) is 0 Å². The van der Waals surface area contributed by atoms with Gasteiger partial charge in [-0.05, 0) is 0 Å². The number of rotatable bonds is 4. The first kappa shape index (κ1) is 19.6. The van der Waals surface area contributed by atoms with Gasteiger partial charge in [-0.1, -0.05) is 0 Å². The molecule has 2 aliphatic rings. The number of hydrogen-bond donors (Lipinski definition) is 0. The molecule has 2 unspecified atom stereocenters. The van der Waals surface area contributed by atoms with E-state index in [1.54, 1.807) is 22.0 Å². The van der Waals surface area contributed by atoms with Gasteiger partial charge < -0.3 is 0 Å².